The lowest BCUT2D eigenvalue weighted by Crippen LogP contribution is -2.12. The van der Waals surface area contributed by atoms with Crippen molar-refractivity contribution >= 4 is 17.2 Å². The van der Waals surface area contributed by atoms with E-state index in [1.807, 2.05) is 31.2 Å². The molecule has 0 aliphatic rings. The second kappa shape index (κ2) is 7.49. The van der Waals surface area contributed by atoms with Crippen molar-refractivity contribution in [3.63, 3.8) is 0 Å². The van der Waals surface area contributed by atoms with E-state index in [-0.39, 0.29) is 6.04 Å². The fourth-order valence-corrected chi connectivity index (χ4v) is 3.34. The van der Waals surface area contributed by atoms with Gasteiger partial charge < -0.3 is 5.32 Å². The Kier molecular flexibility index (Phi) is 5.15. The van der Waals surface area contributed by atoms with Gasteiger partial charge in [-0.25, -0.2) is 15.0 Å². The van der Waals surface area contributed by atoms with Crippen molar-refractivity contribution in [2.24, 2.45) is 0 Å². The standard InChI is InChI=1S/C18H21N5S/c1-4-13-10-16(22-14(5-2)18-20-12(3)11-24-18)23-17(21-13)15-8-6-7-9-19-15/h6-11,14H,4-5H2,1-3H3,(H,21,22,23). The number of aryl methyl sites for hydroxylation is 2. The van der Waals surface area contributed by atoms with Gasteiger partial charge in [-0.2, -0.15) is 0 Å². The van der Waals surface area contributed by atoms with Crippen molar-refractivity contribution in [1.82, 2.24) is 19.9 Å². The highest BCUT2D eigenvalue weighted by Gasteiger charge is 2.15. The van der Waals surface area contributed by atoms with Gasteiger partial charge >= 0.3 is 0 Å². The monoisotopic (exact) mass is 339 g/mol. The van der Waals surface area contributed by atoms with Crippen LogP contribution in [0, 0.1) is 6.92 Å². The second-order valence-electron chi connectivity index (χ2n) is 5.57. The summed E-state index contributed by atoms with van der Waals surface area (Å²) in [7, 11) is 0. The largest absolute Gasteiger partial charge is 0.361 e. The van der Waals surface area contributed by atoms with Gasteiger partial charge in [0.15, 0.2) is 5.82 Å². The molecular formula is C18H21N5S. The molecule has 0 radical (unpaired) electrons. The highest BCUT2D eigenvalue weighted by molar-refractivity contribution is 7.09. The number of aromatic nitrogens is 4. The van der Waals surface area contributed by atoms with E-state index in [1.165, 1.54) is 0 Å². The molecule has 0 aliphatic heterocycles. The molecule has 1 atom stereocenters. The van der Waals surface area contributed by atoms with Crippen LogP contribution in [0.2, 0.25) is 0 Å². The van der Waals surface area contributed by atoms with Crippen LogP contribution in [0.25, 0.3) is 11.5 Å². The number of nitrogens with zero attached hydrogens (tertiary/aromatic N) is 4. The lowest BCUT2D eigenvalue weighted by atomic mass is 10.2. The first-order chi connectivity index (χ1) is 11.7. The van der Waals surface area contributed by atoms with Crippen LogP contribution in [0.15, 0.2) is 35.8 Å². The quantitative estimate of drug-likeness (QED) is 0.720. The van der Waals surface area contributed by atoms with Gasteiger partial charge in [0.2, 0.25) is 0 Å². The molecule has 124 valence electrons. The molecule has 0 spiro atoms. The highest BCUT2D eigenvalue weighted by Crippen LogP contribution is 2.26. The van der Waals surface area contributed by atoms with E-state index in [4.69, 9.17) is 0 Å². The Hall–Kier alpha value is -2.34. The zero-order valence-corrected chi connectivity index (χ0v) is 15.0. The molecule has 0 amide bonds. The van der Waals surface area contributed by atoms with E-state index in [9.17, 15) is 0 Å². The SMILES string of the molecule is CCc1cc(NC(CC)c2nc(C)cs2)nc(-c2ccccn2)n1. The number of rotatable bonds is 6. The third-order valence-corrected chi connectivity index (χ3v) is 4.78. The minimum absolute atomic E-state index is 0.153. The molecule has 0 saturated heterocycles. The summed E-state index contributed by atoms with van der Waals surface area (Å²) >= 11 is 1.68. The maximum absolute atomic E-state index is 4.66. The van der Waals surface area contributed by atoms with E-state index < -0.39 is 0 Å². The van der Waals surface area contributed by atoms with E-state index >= 15 is 0 Å². The molecule has 5 nitrogen and oxygen atoms in total. The summed E-state index contributed by atoms with van der Waals surface area (Å²) in [5.74, 6) is 1.48. The van der Waals surface area contributed by atoms with Gasteiger partial charge in [0, 0.05) is 29.0 Å². The number of anilines is 1. The van der Waals surface area contributed by atoms with Crippen molar-refractivity contribution in [1.29, 1.82) is 0 Å². The first kappa shape index (κ1) is 16.5. The van der Waals surface area contributed by atoms with Gasteiger partial charge in [-0.1, -0.05) is 19.9 Å². The van der Waals surface area contributed by atoms with Crippen molar-refractivity contribution in [2.75, 3.05) is 5.32 Å². The Morgan fingerprint density at radius 2 is 2.04 bits per heavy atom. The number of thiazole rings is 1. The lowest BCUT2D eigenvalue weighted by molar-refractivity contribution is 0.734. The van der Waals surface area contributed by atoms with Gasteiger partial charge in [0.05, 0.1) is 6.04 Å². The highest BCUT2D eigenvalue weighted by atomic mass is 32.1. The zero-order valence-electron chi connectivity index (χ0n) is 14.2. The van der Waals surface area contributed by atoms with E-state index in [0.717, 1.165) is 40.7 Å². The molecule has 3 aromatic heterocycles. The Morgan fingerprint density at radius 1 is 1.17 bits per heavy atom. The number of nitrogens with one attached hydrogen (secondary N) is 1. The molecule has 3 rings (SSSR count). The minimum atomic E-state index is 0.153. The molecule has 0 saturated carbocycles. The zero-order chi connectivity index (χ0) is 16.9. The van der Waals surface area contributed by atoms with E-state index in [1.54, 1.807) is 17.5 Å². The van der Waals surface area contributed by atoms with Crippen LogP contribution >= 0.6 is 11.3 Å². The van der Waals surface area contributed by atoms with Crippen molar-refractivity contribution < 1.29 is 0 Å². The van der Waals surface area contributed by atoms with Gasteiger partial charge in [-0.3, -0.25) is 4.98 Å². The predicted molar refractivity (Wildman–Crippen MR) is 98.1 cm³/mol. The normalized spacial score (nSPS) is 12.1. The molecule has 0 bridgehead atoms. The summed E-state index contributed by atoms with van der Waals surface area (Å²) in [6, 6.07) is 7.93. The molecular weight excluding hydrogens is 318 g/mol. The van der Waals surface area contributed by atoms with E-state index in [2.05, 4.69) is 44.5 Å². The molecule has 6 heteroatoms. The molecule has 3 heterocycles. The predicted octanol–water partition coefficient (Wildman–Crippen LogP) is 4.43. The topological polar surface area (TPSA) is 63.6 Å². The fraction of sp³-hybridized carbons (Fsp3) is 0.333. The molecule has 1 N–H and O–H groups in total. The summed E-state index contributed by atoms with van der Waals surface area (Å²) in [4.78, 5) is 18.2. The Morgan fingerprint density at radius 3 is 2.67 bits per heavy atom. The van der Waals surface area contributed by atoms with Crippen LogP contribution < -0.4 is 5.32 Å². The number of hydrogen-bond donors (Lipinski definition) is 1. The molecule has 1 unspecified atom stereocenters. The summed E-state index contributed by atoms with van der Waals surface area (Å²) in [5.41, 5.74) is 2.84. The van der Waals surface area contributed by atoms with Gasteiger partial charge in [-0.05, 0) is 31.9 Å². The van der Waals surface area contributed by atoms with Gasteiger partial charge in [0.1, 0.15) is 16.5 Å². The van der Waals surface area contributed by atoms with Gasteiger partial charge in [-0.15, -0.1) is 11.3 Å². The molecule has 0 fully saturated rings. The third kappa shape index (κ3) is 3.76. The van der Waals surface area contributed by atoms with Crippen molar-refractivity contribution in [2.45, 2.75) is 39.7 Å². The van der Waals surface area contributed by atoms with Crippen LogP contribution in [0.5, 0.6) is 0 Å². The molecule has 0 aliphatic carbocycles. The van der Waals surface area contributed by atoms with Crippen molar-refractivity contribution in [3.8, 4) is 11.5 Å². The van der Waals surface area contributed by atoms with Crippen LogP contribution in [0.1, 0.15) is 42.7 Å². The van der Waals surface area contributed by atoms with Crippen molar-refractivity contribution in [3.05, 3.63) is 52.2 Å². The average Bonchev–Trinajstić information content (AvgIpc) is 3.06. The van der Waals surface area contributed by atoms with Crippen LogP contribution in [-0.2, 0) is 6.42 Å². The first-order valence-corrected chi connectivity index (χ1v) is 9.05. The second-order valence-corrected chi connectivity index (χ2v) is 6.46. The molecule has 3 aromatic rings. The maximum Gasteiger partial charge on any atom is 0.180 e. The summed E-state index contributed by atoms with van der Waals surface area (Å²) < 4.78 is 0. The van der Waals surface area contributed by atoms with Gasteiger partial charge in [0.25, 0.3) is 0 Å². The van der Waals surface area contributed by atoms with E-state index in [0.29, 0.717) is 5.82 Å². The van der Waals surface area contributed by atoms with Crippen LogP contribution in [0.4, 0.5) is 5.82 Å². The minimum Gasteiger partial charge on any atom is -0.361 e. The Balaban J connectivity index is 1.92. The summed E-state index contributed by atoms with van der Waals surface area (Å²) in [6.45, 7) is 6.26. The summed E-state index contributed by atoms with van der Waals surface area (Å²) in [6.07, 6.45) is 3.55. The molecule has 24 heavy (non-hydrogen) atoms. The lowest BCUT2D eigenvalue weighted by Gasteiger charge is -2.16. The van der Waals surface area contributed by atoms with Crippen LogP contribution in [0.3, 0.4) is 0 Å². The molecule has 0 aromatic carbocycles. The smallest absolute Gasteiger partial charge is 0.180 e. The number of pyridine rings is 1. The fourth-order valence-electron chi connectivity index (χ4n) is 2.41. The average molecular weight is 339 g/mol. The number of hydrogen-bond acceptors (Lipinski definition) is 6. The maximum atomic E-state index is 4.66. The first-order valence-electron chi connectivity index (χ1n) is 8.17. The summed E-state index contributed by atoms with van der Waals surface area (Å²) in [5, 5.41) is 6.68. The Bertz CT molecular complexity index is 800. The third-order valence-electron chi connectivity index (χ3n) is 3.70. The Labute approximate surface area is 146 Å². The van der Waals surface area contributed by atoms with Crippen LogP contribution in [-0.4, -0.2) is 19.9 Å².